The number of hydrogen-bond donors (Lipinski definition) is 1. The lowest BCUT2D eigenvalue weighted by Gasteiger charge is -2.27. The van der Waals surface area contributed by atoms with Crippen LogP contribution in [0.15, 0.2) is 18.2 Å². The third-order valence-electron chi connectivity index (χ3n) is 3.08. The first-order chi connectivity index (χ1) is 9.29. The highest BCUT2D eigenvalue weighted by molar-refractivity contribution is 5.58. The first-order valence-corrected chi connectivity index (χ1v) is 6.29. The zero-order valence-electron chi connectivity index (χ0n) is 12.1. The van der Waals surface area contributed by atoms with E-state index in [2.05, 4.69) is 5.32 Å². The molecule has 0 saturated heterocycles. The van der Waals surface area contributed by atoms with E-state index in [0.29, 0.717) is 5.69 Å². The van der Waals surface area contributed by atoms with E-state index in [1.165, 1.54) is 12.1 Å². The number of methoxy groups -OCH3 is 1. The molecule has 0 fully saturated rings. The second kappa shape index (κ2) is 6.35. The van der Waals surface area contributed by atoms with E-state index in [4.69, 9.17) is 10.00 Å². The van der Waals surface area contributed by atoms with Crippen molar-refractivity contribution in [3.05, 3.63) is 33.9 Å². The Bertz CT molecular complexity index is 535. The molecule has 0 unspecified atom stereocenters. The van der Waals surface area contributed by atoms with Crippen LogP contribution in [0.25, 0.3) is 0 Å². The van der Waals surface area contributed by atoms with Crippen LogP contribution in [0, 0.1) is 21.4 Å². The summed E-state index contributed by atoms with van der Waals surface area (Å²) < 4.78 is 5.36. The van der Waals surface area contributed by atoms with Gasteiger partial charge >= 0.3 is 0 Å². The van der Waals surface area contributed by atoms with Crippen LogP contribution < -0.4 is 5.32 Å². The largest absolute Gasteiger partial charge is 0.382 e. The van der Waals surface area contributed by atoms with Gasteiger partial charge in [0, 0.05) is 24.9 Å². The predicted molar refractivity (Wildman–Crippen MR) is 76.6 cm³/mol. The molecule has 0 bridgehead atoms. The maximum atomic E-state index is 10.8. The van der Waals surface area contributed by atoms with Gasteiger partial charge in [-0.3, -0.25) is 10.1 Å². The van der Waals surface area contributed by atoms with Gasteiger partial charge in [0.1, 0.15) is 11.6 Å². The highest BCUT2D eigenvalue weighted by Gasteiger charge is 2.21. The van der Waals surface area contributed by atoms with Gasteiger partial charge in [-0.15, -0.1) is 0 Å². The van der Waals surface area contributed by atoms with E-state index in [9.17, 15) is 10.1 Å². The van der Waals surface area contributed by atoms with E-state index in [1.807, 2.05) is 26.8 Å². The number of hydrogen-bond acceptors (Lipinski definition) is 5. The monoisotopic (exact) mass is 277 g/mol. The number of nitrogens with one attached hydrogen (secondary N) is 1. The lowest BCUT2D eigenvalue weighted by atomic mass is 9.99. The maximum Gasteiger partial charge on any atom is 0.287 e. The van der Waals surface area contributed by atoms with Crippen LogP contribution in [-0.2, 0) is 4.74 Å². The molecule has 6 heteroatoms. The summed E-state index contributed by atoms with van der Waals surface area (Å²) in [5, 5.41) is 22.9. The van der Waals surface area contributed by atoms with Crippen molar-refractivity contribution < 1.29 is 9.66 Å². The number of ether oxygens (including phenoxy) is 1. The summed E-state index contributed by atoms with van der Waals surface area (Å²) in [6.07, 6.45) is 0.766. The van der Waals surface area contributed by atoms with Crippen molar-refractivity contribution >= 4 is 11.4 Å². The first kappa shape index (κ1) is 15.9. The highest BCUT2D eigenvalue weighted by atomic mass is 16.6. The van der Waals surface area contributed by atoms with Gasteiger partial charge in [-0.05, 0) is 39.3 Å². The molecule has 0 aliphatic carbocycles. The minimum Gasteiger partial charge on any atom is -0.382 e. The van der Waals surface area contributed by atoms with Gasteiger partial charge in [0.25, 0.3) is 5.69 Å². The summed E-state index contributed by atoms with van der Waals surface area (Å²) >= 11 is 0. The van der Waals surface area contributed by atoms with Crippen LogP contribution in [-0.4, -0.2) is 23.7 Å². The molecule has 0 saturated carbocycles. The van der Waals surface area contributed by atoms with Crippen LogP contribution in [0.2, 0.25) is 0 Å². The minimum absolute atomic E-state index is 0.0539. The lowest BCUT2D eigenvalue weighted by Crippen LogP contribution is -2.31. The number of anilines is 1. The summed E-state index contributed by atoms with van der Waals surface area (Å²) in [6, 6.07) is 6.40. The molecule has 0 aromatic heterocycles. The van der Waals surface area contributed by atoms with Crippen molar-refractivity contribution in [3.8, 4) is 6.07 Å². The molecule has 0 aliphatic rings. The molecule has 0 spiro atoms. The van der Waals surface area contributed by atoms with Crippen molar-refractivity contribution in [1.82, 2.24) is 0 Å². The standard InChI is InChI=1S/C14H19N3O3/c1-10(8-14(2,3)20-4)16-12-5-6-13(17(18)19)11(7-12)9-15/h5-7,10,16H,8H2,1-4H3/t10-/m0/s1. The molecular formula is C14H19N3O3. The van der Waals surface area contributed by atoms with Crippen LogP contribution in [0.5, 0.6) is 0 Å². The molecule has 0 radical (unpaired) electrons. The average Bonchev–Trinajstić information content (AvgIpc) is 2.37. The Hall–Kier alpha value is -2.13. The van der Waals surface area contributed by atoms with E-state index in [1.54, 1.807) is 13.2 Å². The van der Waals surface area contributed by atoms with Gasteiger partial charge < -0.3 is 10.1 Å². The molecule has 0 heterocycles. The minimum atomic E-state index is -0.556. The van der Waals surface area contributed by atoms with Crippen molar-refractivity contribution in [1.29, 1.82) is 5.26 Å². The summed E-state index contributed by atoms with van der Waals surface area (Å²) in [7, 11) is 1.66. The van der Waals surface area contributed by atoms with Gasteiger partial charge in [-0.25, -0.2) is 0 Å². The van der Waals surface area contributed by atoms with Gasteiger partial charge in [-0.2, -0.15) is 5.26 Å². The van der Waals surface area contributed by atoms with Crippen molar-refractivity contribution in [2.24, 2.45) is 0 Å². The SMILES string of the molecule is COC(C)(C)C[C@H](C)Nc1ccc([N+](=O)[O-])c(C#N)c1. The van der Waals surface area contributed by atoms with E-state index in [-0.39, 0.29) is 22.9 Å². The normalized spacial score (nSPS) is 12.6. The van der Waals surface area contributed by atoms with Crippen LogP contribution in [0.1, 0.15) is 32.8 Å². The quantitative estimate of drug-likeness (QED) is 0.637. The number of nitro benzene ring substituents is 1. The Labute approximate surface area is 118 Å². The molecule has 6 nitrogen and oxygen atoms in total. The molecular weight excluding hydrogens is 258 g/mol. The van der Waals surface area contributed by atoms with E-state index < -0.39 is 4.92 Å². The molecule has 0 aliphatic heterocycles. The molecule has 1 rings (SSSR count). The maximum absolute atomic E-state index is 10.8. The van der Waals surface area contributed by atoms with Crippen LogP contribution >= 0.6 is 0 Å². The zero-order valence-corrected chi connectivity index (χ0v) is 12.1. The highest BCUT2D eigenvalue weighted by Crippen LogP contribution is 2.24. The fraction of sp³-hybridized carbons (Fsp3) is 0.500. The van der Waals surface area contributed by atoms with Crippen molar-refractivity contribution in [2.75, 3.05) is 12.4 Å². The fourth-order valence-corrected chi connectivity index (χ4v) is 2.03. The van der Waals surface area contributed by atoms with Gasteiger partial charge in [0.05, 0.1) is 10.5 Å². The Morgan fingerprint density at radius 3 is 2.70 bits per heavy atom. The van der Waals surface area contributed by atoms with Gasteiger partial charge in [0.2, 0.25) is 0 Å². The molecule has 1 aromatic rings. The molecule has 108 valence electrons. The topological polar surface area (TPSA) is 88.2 Å². The summed E-state index contributed by atoms with van der Waals surface area (Å²) in [6.45, 7) is 5.97. The van der Waals surface area contributed by atoms with E-state index in [0.717, 1.165) is 6.42 Å². The van der Waals surface area contributed by atoms with Crippen LogP contribution in [0.3, 0.4) is 0 Å². The summed E-state index contributed by atoms with van der Waals surface area (Å²) in [5.41, 5.74) is 0.304. The summed E-state index contributed by atoms with van der Waals surface area (Å²) in [4.78, 5) is 10.2. The Balaban J connectivity index is 2.84. The number of rotatable bonds is 6. The van der Waals surface area contributed by atoms with Gasteiger partial charge in [0.15, 0.2) is 0 Å². The van der Waals surface area contributed by atoms with Crippen LogP contribution in [0.4, 0.5) is 11.4 Å². The molecule has 1 aromatic carbocycles. The average molecular weight is 277 g/mol. The number of nitrogens with zero attached hydrogens (tertiary/aromatic N) is 2. The smallest absolute Gasteiger partial charge is 0.287 e. The van der Waals surface area contributed by atoms with Crippen molar-refractivity contribution in [3.63, 3.8) is 0 Å². The lowest BCUT2D eigenvalue weighted by molar-refractivity contribution is -0.385. The molecule has 20 heavy (non-hydrogen) atoms. The molecule has 1 N–H and O–H groups in total. The first-order valence-electron chi connectivity index (χ1n) is 6.29. The van der Waals surface area contributed by atoms with Crippen molar-refractivity contribution in [2.45, 2.75) is 38.8 Å². The second-order valence-electron chi connectivity index (χ2n) is 5.31. The van der Waals surface area contributed by atoms with E-state index >= 15 is 0 Å². The number of benzene rings is 1. The number of nitriles is 1. The Kier molecular flexibility index (Phi) is 5.06. The summed E-state index contributed by atoms with van der Waals surface area (Å²) in [5.74, 6) is 0. The predicted octanol–water partition coefficient (Wildman–Crippen LogP) is 3.08. The second-order valence-corrected chi connectivity index (χ2v) is 5.31. The fourth-order valence-electron chi connectivity index (χ4n) is 2.03. The Morgan fingerprint density at radius 2 is 2.20 bits per heavy atom. The number of nitro groups is 1. The zero-order chi connectivity index (χ0) is 15.3. The third kappa shape index (κ3) is 4.21. The molecule has 0 amide bonds. The Morgan fingerprint density at radius 1 is 1.55 bits per heavy atom. The van der Waals surface area contributed by atoms with Gasteiger partial charge in [-0.1, -0.05) is 0 Å². The third-order valence-corrected chi connectivity index (χ3v) is 3.08. The molecule has 1 atom stereocenters.